The standard InChI is InChI=1S/C17H22ClN3O2S/c1-13-16(14-6-4-7-15(18)12-14)24(22,23)20-17(13)19-8-5-11-21-9-2-3-10-21/h4,6-7,12H,2-3,5,8-11H2,1H3,(H,19,20). The Labute approximate surface area is 148 Å². The zero-order chi connectivity index (χ0) is 17.2. The van der Waals surface area contributed by atoms with Gasteiger partial charge in [0.2, 0.25) is 0 Å². The number of likely N-dealkylation sites (tertiary alicyclic amines) is 1. The molecule has 2 aliphatic heterocycles. The number of amidine groups is 1. The molecule has 130 valence electrons. The second-order valence-corrected chi connectivity index (χ2v) is 8.26. The summed E-state index contributed by atoms with van der Waals surface area (Å²) in [6, 6.07) is 6.89. The van der Waals surface area contributed by atoms with Gasteiger partial charge in [-0.15, -0.1) is 0 Å². The number of nitrogens with zero attached hydrogens (tertiary/aromatic N) is 2. The quantitative estimate of drug-likeness (QED) is 0.814. The molecule has 5 nitrogen and oxygen atoms in total. The van der Waals surface area contributed by atoms with Crippen molar-refractivity contribution in [3.05, 3.63) is 40.4 Å². The molecular weight excluding hydrogens is 346 g/mol. The number of sulfonamides is 1. The van der Waals surface area contributed by atoms with E-state index in [0.29, 0.717) is 28.5 Å². The minimum Gasteiger partial charge on any atom is -0.303 e. The normalized spacial score (nSPS) is 22.3. The number of hydrogen-bond acceptors (Lipinski definition) is 4. The summed E-state index contributed by atoms with van der Waals surface area (Å²) in [5, 5.41) is 0.513. The first-order chi connectivity index (χ1) is 11.5. The molecule has 1 saturated heterocycles. The van der Waals surface area contributed by atoms with E-state index in [1.54, 1.807) is 31.2 Å². The molecule has 0 saturated carbocycles. The fourth-order valence-electron chi connectivity index (χ4n) is 3.21. The van der Waals surface area contributed by atoms with Crippen LogP contribution in [0.2, 0.25) is 5.02 Å². The first kappa shape index (κ1) is 17.5. The van der Waals surface area contributed by atoms with E-state index in [9.17, 15) is 8.42 Å². The van der Waals surface area contributed by atoms with Crippen molar-refractivity contribution in [2.24, 2.45) is 4.99 Å². The molecule has 1 aromatic rings. The molecule has 0 spiro atoms. The van der Waals surface area contributed by atoms with Crippen molar-refractivity contribution in [2.45, 2.75) is 26.2 Å². The zero-order valence-corrected chi connectivity index (χ0v) is 15.3. The second-order valence-electron chi connectivity index (χ2n) is 6.20. The lowest BCUT2D eigenvalue weighted by Crippen LogP contribution is -2.24. The maximum absolute atomic E-state index is 12.4. The Morgan fingerprint density at radius 3 is 2.75 bits per heavy atom. The highest BCUT2D eigenvalue weighted by Gasteiger charge is 2.32. The fourth-order valence-corrected chi connectivity index (χ4v) is 4.91. The molecule has 0 amide bonds. The van der Waals surface area contributed by atoms with Gasteiger partial charge in [0.1, 0.15) is 10.7 Å². The van der Waals surface area contributed by atoms with E-state index in [0.717, 1.165) is 13.0 Å². The summed E-state index contributed by atoms with van der Waals surface area (Å²) in [5.74, 6) is 0.450. The van der Waals surface area contributed by atoms with Gasteiger partial charge < -0.3 is 4.90 Å². The average Bonchev–Trinajstić information content (AvgIpc) is 3.10. The van der Waals surface area contributed by atoms with E-state index >= 15 is 0 Å². The molecule has 0 unspecified atom stereocenters. The van der Waals surface area contributed by atoms with Crippen molar-refractivity contribution in [2.75, 3.05) is 26.2 Å². The van der Waals surface area contributed by atoms with Crippen LogP contribution in [0.3, 0.4) is 0 Å². The van der Waals surface area contributed by atoms with Gasteiger partial charge in [-0.25, -0.2) is 8.42 Å². The maximum atomic E-state index is 12.4. The highest BCUT2D eigenvalue weighted by atomic mass is 35.5. The van der Waals surface area contributed by atoms with E-state index in [1.165, 1.54) is 25.9 Å². The molecule has 7 heteroatoms. The summed E-state index contributed by atoms with van der Waals surface area (Å²) in [4.78, 5) is 7.16. The summed E-state index contributed by atoms with van der Waals surface area (Å²) in [7, 11) is -3.58. The van der Waals surface area contributed by atoms with Gasteiger partial charge in [-0.2, -0.15) is 0 Å². The summed E-state index contributed by atoms with van der Waals surface area (Å²) in [6.45, 7) is 5.76. The molecule has 0 aliphatic carbocycles. The van der Waals surface area contributed by atoms with Gasteiger partial charge in [0.15, 0.2) is 0 Å². The third-order valence-electron chi connectivity index (χ3n) is 4.38. The molecule has 2 aliphatic rings. The highest BCUT2D eigenvalue weighted by molar-refractivity contribution is 8.00. The van der Waals surface area contributed by atoms with E-state index in [-0.39, 0.29) is 4.91 Å². The fraction of sp³-hybridized carbons (Fsp3) is 0.471. The van der Waals surface area contributed by atoms with E-state index in [4.69, 9.17) is 11.6 Å². The third-order valence-corrected chi connectivity index (χ3v) is 6.16. The van der Waals surface area contributed by atoms with Crippen LogP contribution in [0.25, 0.3) is 4.91 Å². The van der Waals surface area contributed by atoms with E-state index in [1.807, 2.05) is 0 Å². The Morgan fingerprint density at radius 2 is 2.04 bits per heavy atom. The van der Waals surface area contributed by atoms with Crippen molar-refractivity contribution >= 4 is 32.4 Å². The molecule has 0 radical (unpaired) electrons. The molecular formula is C17H22ClN3O2S. The summed E-state index contributed by atoms with van der Waals surface area (Å²) in [6.07, 6.45) is 3.49. The predicted octanol–water partition coefficient (Wildman–Crippen LogP) is 2.89. The van der Waals surface area contributed by atoms with Crippen molar-refractivity contribution < 1.29 is 8.42 Å². The molecule has 2 heterocycles. The number of hydrogen-bond donors (Lipinski definition) is 1. The number of nitrogens with one attached hydrogen (secondary N) is 1. The Kier molecular flexibility index (Phi) is 5.27. The predicted molar refractivity (Wildman–Crippen MR) is 98.7 cm³/mol. The Morgan fingerprint density at radius 1 is 1.29 bits per heavy atom. The number of benzene rings is 1. The van der Waals surface area contributed by atoms with Crippen LogP contribution in [0, 0.1) is 0 Å². The molecule has 1 aromatic carbocycles. The molecule has 0 atom stereocenters. The Hall–Kier alpha value is -1.37. The summed E-state index contributed by atoms with van der Waals surface area (Å²) in [5.41, 5.74) is 1.24. The first-order valence-corrected chi connectivity index (χ1v) is 10.1. The van der Waals surface area contributed by atoms with Crippen molar-refractivity contribution in [3.8, 4) is 0 Å². The largest absolute Gasteiger partial charge is 0.303 e. The van der Waals surface area contributed by atoms with E-state index < -0.39 is 10.0 Å². The highest BCUT2D eigenvalue weighted by Crippen LogP contribution is 2.31. The Balaban J connectivity index is 1.74. The number of halogens is 1. The lowest BCUT2D eigenvalue weighted by atomic mass is 10.1. The third kappa shape index (κ3) is 3.82. The lowest BCUT2D eigenvalue weighted by molar-refractivity contribution is 0.336. The van der Waals surface area contributed by atoms with Crippen LogP contribution >= 0.6 is 11.6 Å². The van der Waals surface area contributed by atoms with Gasteiger partial charge in [-0.1, -0.05) is 23.7 Å². The average molecular weight is 368 g/mol. The van der Waals surface area contributed by atoms with Crippen LogP contribution < -0.4 is 4.72 Å². The minimum atomic E-state index is -3.58. The SMILES string of the molecule is CC1=C(c2cccc(Cl)c2)S(=O)(=O)NC1=NCCCN1CCCC1. The Bertz CT molecular complexity index is 781. The number of aliphatic imine (C=N–C) groups is 1. The lowest BCUT2D eigenvalue weighted by Gasteiger charge is -2.12. The van der Waals surface area contributed by atoms with Crippen molar-refractivity contribution in [1.29, 1.82) is 0 Å². The van der Waals surface area contributed by atoms with Crippen LogP contribution in [0.4, 0.5) is 0 Å². The van der Waals surface area contributed by atoms with Crippen LogP contribution in [-0.2, 0) is 10.0 Å². The van der Waals surface area contributed by atoms with Gasteiger partial charge in [0.25, 0.3) is 10.0 Å². The molecule has 3 rings (SSSR count). The van der Waals surface area contributed by atoms with E-state index in [2.05, 4.69) is 14.6 Å². The van der Waals surface area contributed by atoms with Gasteiger partial charge in [0.05, 0.1) is 0 Å². The molecule has 0 bridgehead atoms. The minimum absolute atomic E-state index is 0.267. The molecule has 24 heavy (non-hydrogen) atoms. The number of rotatable bonds is 5. The smallest absolute Gasteiger partial charge is 0.264 e. The van der Waals surface area contributed by atoms with Gasteiger partial charge in [-0.05, 0) is 63.5 Å². The van der Waals surface area contributed by atoms with Crippen LogP contribution in [-0.4, -0.2) is 45.3 Å². The zero-order valence-electron chi connectivity index (χ0n) is 13.8. The van der Waals surface area contributed by atoms with Crippen molar-refractivity contribution in [1.82, 2.24) is 9.62 Å². The summed E-state index contributed by atoms with van der Waals surface area (Å²) < 4.78 is 27.4. The molecule has 0 aromatic heterocycles. The molecule has 1 fully saturated rings. The van der Waals surface area contributed by atoms with Gasteiger partial charge >= 0.3 is 0 Å². The van der Waals surface area contributed by atoms with Crippen LogP contribution in [0.5, 0.6) is 0 Å². The maximum Gasteiger partial charge on any atom is 0.264 e. The van der Waals surface area contributed by atoms with Crippen LogP contribution in [0.15, 0.2) is 34.8 Å². The van der Waals surface area contributed by atoms with Crippen molar-refractivity contribution in [3.63, 3.8) is 0 Å². The second kappa shape index (κ2) is 7.25. The monoisotopic (exact) mass is 367 g/mol. The van der Waals surface area contributed by atoms with Crippen LogP contribution in [0.1, 0.15) is 31.7 Å². The first-order valence-electron chi connectivity index (χ1n) is 8.24. The van der Waals surface area contributed by atoms with Gasteiger partial charge in [0, 0.05) is 17.1 Å². The molecule has 1 N–H and O–H groups in total. The topological polar surface area (TPSA) is 61.8 Å². The van der Waals surface area contributed by atoms with Gasteiger partial charge in [-0.3, -0.25) is 9.71 Å². The summed E-state index contributed by atoms with van der Waals surface area (Å²) >= 11 is 5.99.